The van der Waals surface area contributed by atoms with Gasteiger partial charge in [0.1, 0.15) is 0 Å². The van der Waals surface area contributed by atoms with Crippen LogP contribution in [0.3, 0.4) is 0 Å². The maximum atomic E-state index is 4.33. The van der Waals surface area contributed by atoms with E-state index in [1.807, 2.05) is 13.2 Å². The summed E-state index contributed by atoms with van der Waals surface area (Å²) in [6.07, 6.45) is 7.99. The van der Waals surface area contributed by atoms with E-state index in [2.05, 4.69) is 26.0 Å². The molecular formula is C11H18N4. The third-order valence-corrected chi connectivity index (χ3v) is 3.82. The van der Waals surface area contributed by atoms with Gasteiger partial charge in [-0.1, -0.05) is 0 Å². The minimum absolute atomic E-state index is 0.637. The highest BCUT2D eigenvalue weighted by atomic mass is 15.3. The van der Waals surface area contributed by atoms with Crippen molar-refractivity contribution in [2.45, 2.75) is 31.3 Å². The van der Waals surface area contributed by atoms with Gasteiger partial charge in [0.15, 0.2) is 0 Å². The average Bonchev–Trinajstić information content (AvgIpc) is 2.92. The number of hydrogen-bond acceptors (Lipinski definition) is 3. The van der Waals surface area contributed by atoms with Crippen molar-refractivity contribution < 1.29 is 0 Å². The van der Waals surface area contributed by atoms with Gasteiger partial charge in [-0.25, -0.2) is 4.98 Å². The average molecular weight is 206 g/mol. The third-order valence-electron chi connectivity index (χ3n) is 3.82. The summed E-state index contributed by atoms with van der Waals surface area (Å²) in [5.74, 6) is 1.01. The fraction of sp³-hybridized carbons (Fsp3) is 0.727. The topological polar surface area (TPSA) is 33.1 Å². The molecule has 1 N–H and O–H groups in total. The second-order valence-electron chi connectivity index (χ2n) is 4.51. The number of imidazole rings is 1. The van der Waals surface area contributed by atoms with Crippen molar-refractivity contribution in [1.29, 1.82) is 0 Å². The number of hydrogen-bond donors (Lipinski definition) is 1. The maximum absolute atomic E-state index is 4.33. The van der Waals surface area contributed by atoms with Crippen LogP contribution in [0, 0.1) is 0 Å². The van der Waals surface area contributed by atoms with Crippen LogP contribution in [0.5, 0.6) is 0 Å². The lowest BCUT2D eigenvalue weighted by Gasteiger charge is -2.22. The standard InChI is InChI=1S/C11H18N4/c1-12-11-13-5-8-15(11)10-4-7-14-6-2-3-9(10)14/h5,8-10H,2-4,6-7H2,1H3,(H,12,13). The van der Waals surface area contributed by atoms with E-state index >= 15 is 0 Å². The van der Waals surface area contributed by atoms with Crippen molar-refractivity contribution in [3.05, 3.63) is 12.4 Å². The Morgan fingerprint density at radius 3 is 3.13 bits per heavy atom. The predicted octanol–water partition coefficient (Wildman–Crippen LogP) is 1.33. The molecule has 0 spiro atoms. The van der Waals surface area contributed by atoms with Gasteiger partial charge in [0.05, 0.1) is 6.04 Å². The van der Waals surface area contributed by atoms with E-state index < -0.39 is 0 Å². The summed E-state index contributed by atoms with van der Waals surface area (Å²) in [6, 6.07) is 1.39. The van der Waals surface area contributed by atoms with E-state index in [4.69, 9.17) is 0 Å². The van der Waals surface area contributed by atoms with Crippen LogP contribution in [0.15, 0.2) is 12.4 Å². The highest BCUT2D eigenvalue weighted by Gasteiger charge is 2.38. The van der Waals surface area contributed by atoms with E-state index in [1.54, 1.807) is 0 Å². The van der Waals surface area contributed by atoms with Gasteiger partial charge in [-0.05, 0) is 25.8 Å². The molecule has 3 heterocycles. The smallest absolute Gasteiger partial charge is 0.202 e. The zero-order valence-corrected chi connectivity index (χ0v) is 9.19. The van der Waals surface area contributed by atoms with Crippen molar-refractivity contribution in [1.82, 2.24) is 14.5 Å². The molecule has 0 amide bonds. The molecule has 82 valence electrons. The molecule has 0 aliphatic carbocycles. The summed E-state index contributed by atoms with van der Waals surface area (Å²) < 4.78 is 2.32. The van der Waals surface area contributed by atoms with Gasteiger partial charge in [0.25, 0.3) is 0 Å². The molecule has 0 aromatic carbocycles. The van der Waals surface area contributed by atoms with Crippen LogP contribution in [0.2, 0.25) is 0 Å². The number of rotatable bonds is 2. The first-order chi connectivity index (χ1) is 7.40. The number of fused-ring (bicyclic) bond motifs is 1. The normalized spacial score (nSPS) is 30.7. The molecule has 1 aromatic rings. The lowest BCUT2D eigenvalue weighted by Crippen LogP contribution is -2.27. The molecule has 2 aliphatic rings. The van der Waals surface area contributed by atoms with Crippen LogP contribution in [0.1, 0.15) is 25.3 Å². The first-order valence-corrected chi connectivity index (χ1v) is 5.85. The Morgan fingerprint density at radius 2 is 2.27 bits per heavy atom. The Morgan fingerprint density at radius 1 is 1.33 bits per heavy atom. The van der Waals surface area contributed by atoms with E-state index in [1.165, 1.54) is 32.4 Å². The largest absolute Gasteiger partial charge is 0.359 e. The van der Waals surface area contributed by atoms with Crippen LogP contribution in [0.25, 0.3) is 0 Å². The molecular weight excluding hydrogens is 188 g/mol. The van der Waals surface area contributed by atoms with Crippen molar-refractivity contribution in [2.75, 3.05) is 25.5 Å². The molecule has 2 unspecified atom stereocenters. The molecule has 3 rings (SSSR count). The Labute approximate surface area is 90.3 Å². The molecule has 4 heteroatoms. The summed E-state index contributed by atoms with van der Waals surface area (Å²) in [5.41, 5.74) is 0. The van der Waals surface area contributed by atoms with Crippen LogP contribution in [-0.2, 0) is 0 Å². The van der Waals surface area contributed by atoms with Crippen molar-refractivity contribution in [3.8, 4) is 0 Å². The van der Waals surface area contributed by atoms with Crippen LogP contribution in [0.4, 0.5) is 5.95 Å². The van der Waals surface area contributed by atoms with E-state index in [0.29, 0.717) is 6.04 Å². The van der Waals surface area contributed by atoms with Gasteiger partial charge in [-0.15, -0.1) is 0 Å². The number of nitrogens with zero attached hydrogens (tertiary/aromatic N) is 3. The monoisotopic (exact) mass is 206 g/mol. The van der Waals surface area contributed by atoms with Gasteiger partial charge < -0.3 is 9.88 Å². The number of aromatic nitrogens is 2. The molecule has 4 nitrogen and oxygen atoms in total. The van der Waals surface area contributed by atoms with E-state index in [0.717, 1.165) is 12.0 Å². The molecule has 0 radical (unpaired) electrons. The predicted molar refractivity (Wildman–Crippen MR) is 60.0 cm³/mol. The highest BCUT2D eigenvalue weighted by Crippen LogP contribution is 2.37. The van der Waals surface area contributed by atoms with E-state index in [-0.39, 0.29) is 0 Å². The summed E-state index contributed by atoms with van der Waals surface area (Å²) in [6.45, 7) is 2.56. The Hall–Kier alpha value is -1.03. The number of nitrogens with one attached hydrogen (secondary N) is 1. The third kappa shape index (κ3) is 1.35. The molecule has 15 heavy (non-hydrogen) atoms. The second-order valence-corrected chi connectivity index (χ2v) is 4.51. The SMILES string of the molecule is CNc1nccn1C1CCN2CCCC12. The zero-order valence-electron chi connectivity index (χ0n) is 9.19. The second kappa shape index (κ2) is 3.52. The maximum Gasteiger partial charge on any atom is 0.202 e. The van der Waals surface area contributed by atoms with E-state index in [9.17, 15) is 0 Å². The van der Waals surface area contributed by atoms with Gasteiger partial charge >= 0.3 is 0 Å². The molecule has 0 bridgehead atoms. The van der Waals surface area contributed by atoms with Crippen LogP contribution < -0.4 is 5.32 Å². The number of anilines is 1. The lowest BCUT2D eigenvalue weighted by molar-refractivity contribution is 0.291. The Bertz CT molecular complexity index is 346. The fourth-order valence-corrected chi connectivity index (χ4v) is 3.15. The first kappa shape index (κ1) is 9.21. The molecule has 2 saturated heterocycles. The summed E-state index contributed by atoms with van der Waals surface area (Å²) >= 11 is 0. The zero-order chi connectivity index (χ0) is 10.3. The summed E-state index contributed by atoms with van der Waals surface area (Å²) in [7, 11) is 1.94. The van der Waals surface area contributed by atoms with Crippen molar-refractivity contribution in [3.63, 3.8) is 0 Å². The van der Waals surface area contributed by atoms with Gasteiger partial charge in [0, 0.05) is 32.0 Å². The summed E-state index contributed by atoms with van der Waals surface area (Å²) in [4.78, 5) is 6.96. The van der Waals surface area contributed by atoms with Crippen molar-refractivity contribution in [2.24, 2.45) is 0 Å². The first-order valence-electron chi connectivity index (χ1n) is 5.85. The van der Waals surface area contributed by atoms with Crippen molar-refractivity contribution >= 4 is 5.95 Å². The quantitative estimate of drug-likeness (QED) is 0.792. The molecule has 0 saturated carbocycles. The fourth-order valence-electron chi connectivity index (χ4n) is 3.15. The lowest BCUT2D eigenvalue weighted by atomic mass is 10.1. The van der Waals surface area contributed by atoms with Crippen LogP contribution >= 0.6 is 0 Å². The van der Waals surface area contributed by atoms with Gasteiger partial charge in [0.2, 0.25) is 5.95 Å². The molecule has 2 fully saturated rings. The van der Waals surface area contributed by atoms with Gasteiger partial charge in [-0.2, -0.15) is 0 Å². The van der Waals surface area contributed by atoms with Gasteiger partial charge in [-0.3, -0.25) is 4.90 Å². The minimum Gasteiger partial charge on any atom is -0.359 e. The summed E-state index contributed by atoms with van der Waals surface area (Å²) in [5, 5.41) is 3.17. The highest BCUT2D eigenvalue weighted by molar-refractivity contribution is 5.26. The van der Waals surface area contributed by atoms with Crippen LogP contribution in [-0.4, -0.2) is 40.6 Å². The Balaban J connectivity index is 1.88. The Kier molecular flexibility index (Phi) is 2.16. The molecule has 2 aliphatic heterocycles. The molecule has 1 aromatic heterocycles. The molecule has 2 atom stereocenters. The minimum atomic E-state index is 0.637.